The third-order valence-corrected chi connectivity index (χ3v) is 4.33. The highest BCUT2D eigenvalue weighted by Gasteiger charge is 2.44. The highest BCUT2D eigenvalue weighted by Crippen LogP contribution is 2.38. The standard InChI is InChI=1S/C18H21N3O6/c1-4-20-16(23)17(24)21(18(20)25)9-15(22)19-12-8-13-11(6-10(3)27-13)7-14(12)26-5-2/h7-8,10H,4-6,9H2,1-3H3,(H,19,22)/t10-/m1/s1. The first-order chi connectivity index (χ1) is 12.8. The molecule has 1 saturated heterocycles. The van der Waals surface area contributed by atoms with Crippen LogP contribution in [0.4, 0.5) is 10.5 Å². The Kier molecular flexibility index (Phi) is 5.02. The number of carbonyl (C=O) groups excluding carboxylic acids is 4. The number of hydrogen-bond donors (Lipinski definition) is 1. The van der Waals surface area contributed by atoms with Crippen molar-refractivity contribution in [3.05, 3.63) is 17.7 Å². The average molecular weight is 375 g/mol. The fourth-order valence-corrected chi connectivity index (χ4v) is 3.11. The summed E-state index contributed by atoms with van der Waals surface area (Å²) in [5.74, 6) is -1.41. The molecule has 2 aliphatic rings. The lowest BCUT2D eigenvalue weighted by Crippen LogP contribution is -2.39. The Morgan fingerprint density at radius 2 is 1.93 bits per heavy atom. The molecule has 2 heterocycles. The second-order valence-electron chi connectivity index (χ2n) is 6.29. The Morgan fingerprint density at radius 1 is 1.22 bits per heavy atom. The van der Waals surface area contributed by atoms with E-state index in [0.29, 0.717) is 28.7 Å². The van der Waals surface area contributed by atoms with Gasteiger partial charge in [0.15, 0.2) is 0 Å². The van der Waals surface area contributed by atoms with E-state index in [0.717, 1.165) is 16.9 Å². The van der Waals surface area contributed by atoms with Crippen LogP contribution >= 0.6 is 0 Å². The highest BCUT2D eigenvalue weighted by atomic mass is 16.5. The van der Waals surface area contributed by atoms with Gasteiger partial charge in [0.1, 0.15) is 24.1 Å². The predicted molar refractivity (Wildman–Crippen MR) is 94.5 cm³/mol. The predicted octanol–water partition coefficient (Wildman–Crippen LogP) is 1.16. The van der Waals surface area contributed by atoms with Crippen LogP contribution in [-0.2, 0) is 20.8 Å². The van der Waals surface area contributed by atoms with E-state index in [9.17, 15) is 19.2 Å². The first-order valence-electron chi connectivity index (χ1n) is 8.79. The van der Waals surface area contributed by atoms with Gasteiger partial charge in [-0.05, 0) is 26.8 Å². The molecule has 0 bridgehead atoms. The van der Waals surface area contributed by atoms with Gasteiger partial charge < -0.3 is 14.8 Å². The molecule has 1 fully saturated rings. The summed E-state index contributed by atoms with van der Waals surface area (Å²) in [7, 11) is 0. The third kappa shape index (κ3) is 3.44. The largest absolute Gasteiger partial charge is 0.492 e. The number of ether oxygens (including phenoxy) is 2. The van der Waals surface area contributed by atoms with Crippen molar-refractivity contribution < 1.29 is 28.7 Å². The Morgan fingerprint density at radius 3 is 2.56 bits per heavy atom. The van der Waals surface area contributed by atoms with Crippen LogP contribution in [0.2, 0.25) is 0 Å². The molecule has 0 saturated carbocycles. The number of amides is 5. The highest BCUT2D eigenvalue weighted by molar-refractivity contribution is 6.45. The summed E-state index contributed by atoms with van der Waals surface area (Å²) >= 11 is 0. The molecule has 5 amide bonds. The summed E-state index contributed by atoms with van der Waals surface area (Å²) in [6.07, 6.45) is 0.779. The zero-order valence-electron chi connectivity index (χ0n) is 15.4. The van der Waals surface area contributed by atoms with E-state index in [1.54, 1.807) is 13.0 Å². The van der Waals surface area contributed by atoms with E-state index in [2.05, 4.69) is 5.32 Å². The summed E-state index contributed by atoms with van der Waals surface area (Å²) in [6, 6.07) is 2.68. The first kappa shape index (κ1) is 18.7. The molecule has 1 aromatic rings. The van der Waals surface area contributed by atoms with E-state index in [1.807, 2.05) is 19.9 Å². The lowest BCUT2D eigenvalue weighted by atomic mass is 10.1. The minimum absolute atomic E-state index is 0.0336. The van der Waals surface area contributed by atoms with Gasteiger partial charge in [-0.2, -0.15) is 0 Å². The van der Waals surface area contributed by atoms with Gasteiger partial charge in [0.25, 0.3) is 0 Å². The average Bonchev–Trinajstić information content (AvgIpc) is 3.07. The zero-order valence-corrected chi connectivity index (χ0v) is 15.4. The van der Waals surface area contributed by atoms with Crippen LogP contribution in [0, 0.1) is 0 Å². The van der Waals surface area contributed by atoms with Crippen LogP contribution in [0.3, 0.4) is 0 Å². The normalized spacial score (nSPS) is 18.6. The van der Waals surface area contributed by atoms with Gasteiger partial charge >= 0.3 is 17.8 Å². The van der Waals surface area contributed by atoms with Crippen LogP contribution in [0.15, 0.2) is 12.1 Å². The summed E-state index contributed by atoms with van der Waals surface area (Å²) < 4.78 is 11.3. The van der Waals surface area contributed by atoms with Gasteiger partial charge in [0, 0.05) is 24.6 Å². The van der Waals surface area contributed by atoms with Gasteiger partial charge in [-0.25, -0.2) is 9.69 Å². The molecular formula is C18H21N3O6. The van der Waals surface area contributed by atoms with Crippen molar-refractivity contribution in [1.29, 1.82) is 0 Å². The molecular weight excluding hydrogens is 354 g/mol. The SMILES string of the molecule is CCOc1cc2c(cc1NC(=O)CN1C(=O)C(=O)N(CC)C1=O)O[C@H](C)C2. The van der Waals surface area contributed by atoms with Crippen molar-refractivity contribution in [2.75, 3.05) is 25.0 Å². The van der Waals surface area contributed by atoms with Crippen molar-refractivity contribution in [1.82, 2.24) is 9.80 Å². The van der Waals surface area contributed by atoms with Crippen LogP contribution in [0.1, 0.15) is 26.3 Å². The minimum atomic E-state index is -1.01. The molecule has 0 aromatic heterocycles. The Bertz CT molecular complexity index is 822. The minimum Gasteiger partial charge on any atom is -0.492 e. The Labute approximate surface area is 156 Å². The second-order valence-corrected chi connectivity index (χ2v) is 6.29. The molecule has 0 unspecified atom stereocenters. The Balaban J connectivity index is 1.76. The third-order valence-electron chi connectivity index (χ3n) is 4.33. The topological polar surface area (TPSA) is 105 Å². The van der Waals surface area contributed by atoms with E-state index in [1.165, 1.54) is 0 Å². The number of imide groups is 2. The fourth-order valence-electron chi connectivity index (χ4n) is 3.11. The monoisotopic (exact) mass is 375 g/mol. The molecule has 9 heteroatoms. The summed E-state index contributed by atoms with van der Waals surface area (Å²) in [5.41, 5.74) is 1.37. The van der Waals surface area contributed by atoms with Crippen molar-refractivity contribution in [3.8, 4) is 11.5 Å². The molecule has 0 aliphatic carbocycles. The molecule has 1 aromatic carbocycles. The Hall–Kier alpha value is -3.10. The van der Waals surface area contributed by atoms with Crippen LogP contribution < -0.4 is 14.8 Å². The molecule has 1 N–H and O–H groups in total. The zero-order chi connectivity index (χ0) is 19.7. The summed E-state index contributed by atoms with van der Waals surface area (Å²) in [4.78, 5) is 49.6. The number of nitrogens with zero attached hydrogens (tertiary/aromatic N) is 2. The summed E-state index contributed by atoms with van der Waals surface area (Å²) in [6.45, 7) is 5.26. The maximum absolute atomic E-state index is 12.4. The maximum atomic E-state index is 12.4. The van der Waals surface area contributed by atoms with Crippen molar-refractivity contribution >= 4 is 29.4 Å². The molecule has 27 heavy (non-hydrogen) atoms. The molecule has 3 rings (SSSR count). The number of fused-ring (bicyclic) bond motifs is 1. The molecule has 0 radical (unpaired) electrons. The van der Waals surface area contributed by atoms with E-state index in [4.69, 9.17) is 9.47 Å². The van der Waals surface area contributed by atoms with Crippen molar-refractivity contribution in [3.63, 3.8) is 0 Å². The maximum Gasteiger partial charge on any atom is 0.334 e. The molecule has 9 nitrogen and oxygen atoms in total. The van der Waals surface area contributed by atoms with E-state index in [-0.39, 0.29) is 12.6 Å². The first-order valence-corrected chi connectivity index (χ1v) is 8.79. The number of benzene rings is 1. The summed E-state index contributed by atoms with van der Waals surface area (Å²) in [5, 5.41) is 2.64. The number of anilines is 1. The molecule has 2 aliphatic heterocycles. The van der Waals surface area contributed by atoms with Crippen molar-refractivity contribution in [2.45, 2.75) is 33.3 Å². The van der Waals surface area contributed by atoms with Crippen LogP contribution in [0.5, 0.6) is 11.5 Å². The van der Waals surface area contributed by atoms with Gasteiger partial charge in [-0.15, -0.1) is 0 Å². The van der Waals surface area contributed by atoms with Crippen molar-refractivity contribution in [2.24, 2.45) is 0 Å². The number of hydrogen-bond acceptors (Lipinski definition) is 6. The quantitative estimate of drug-likeness (QED) is 0.591. The van der Waals surface area contributed by atoms with Gasteiger partial charge in [0.2, 0.25) is 5.91 Å². The molecule has 1 atom stereocenters. The molecule has 0 spiro atoms. The lowest BCUT2D eigenvalue weighted by molar-refractivity contribution is -0.143. The number of urea groups is 1. The smallest absolute Gasteiger partial charge is 0.334 e. The van der Waals surface area contributed by atoms with E-state index < -0.39 is 30.3 Å². The second kappa shape index (κ2) is 7.26. The van der Waals surface area contributed by atoms with Gasteiger partial charge in [-0.1, -0.05) is 0 Å². The van der Waals surface area contributed by atoms with Gasteiger partial charge in [-0.3, -0.25) is 19.3 Å². The number of carbonyl (C=O) groups is 4. The van der Waals surface area contributed by atoms with Crippen LogP contribution in [-0.4, -0.2) is 59.4 Å². The number of rotatable bonds is 6. The fraction of sp³-hybridized carbons (Fsp3) is 0.444. The molecule has 144 valence electrons. The van der Waals surface area contributed by atoms with Gasteiger partial charge in [0.05, 0.1) is 12.3 Å². The van der Waals surface area contributed by atoms with E-state index >= 15 is 0 Å². The number of likely N-dealkylation sites (N-methyl/N-ethyl adjacent to an activating group) is 1. The number of nitrogens with one attached hydrogen (secondary N) is 1. The lowest BCUT2D eigenvalue weighted by Gasteiger charge is -2.16. The van der Waals surface area contributed by atoms with Crippen LogP contribution in [0.25, 0.3) is 0 Å².